The maximum Gasteiger partial charge on any atom is 0.272 e. The molecule has 27 heavy (non-hydrogen) atoms. The van der Waals surface area contributed by atoms with Crippen LogP contribution in [0, 0.1) is 19.8 Å². The van der Waals surface area contributed by atoms with Crippen molar-refractivity contribution in [3.8, 4) is 0 Å². The van der Waals surface area contributed by atoms with Gasteiger partial charge in [0.2, 0.25) is 0 Å². The zero-order valence-corrected chi connectivity index (χ0v) is 17.7. The predicted molar refractivity (Wildman–Crippen MR) is 113 cm³/mol. The number of thioether (sulfide) groups is 1. The fourth-order valence-electron chi connectivity index (χ4n) is 3.74. The maximum absolute atomic E-state index is 13.0. The van der Waals surface area contributed by atoms with Crippen LogP contribution in [0.2, 0.25) is 0 Å². The van der Waals surface area contributed by atoms with E-state index >= 15 is 0 Å². The Morgan fingerprint density at radius 3 is 2.78 bits per heavy atom. The Morgan fingerprint density at radius 1 is 1.22 bits per heavy atom. The Bertz CT molecular complexity index is 805. The van der Waals surface area contributed by atoms with E-state index in [9.17, 15) is 4.79 Å². The second-order valence-corrected chi connectivity index (χ2v) is 8.75. The summed E-state index contributed by atoms with van der Waals surface area (Å²) in [6.45, 7) is 9.49. The van der Waals surface area contributed by atoms with Crippen LogP contribution in [0.4, 0.5) is 0 Å². The number of rotatable bonds is 5. The molecule has 1 saturated heterocycles. The van der Waals surface area contributed by atoms with Crippen molar-refractivity contribution in [3.05, 3.63) is 58.9 Å². The second-order valence-electron chi connectivity index (χ2n) is 7.73. The summed E-state index contributed by atoms with van der Waals surface area (Å²) in [5, 5.41) is 0. The molecule has 1 aromatic heterocycles. The van der Waals surface area contributed by atoms with Crippen molar-refractivity contribution in [2.45, 2.75) is 63.6 Å². The van der Waals surface area contributed by atoms with Crippen molar-refractivity contribution in [2.75, 3.05) is 6.54 Å². The Balaban J connectivity index is 1.70. The van der Waals surface area contributed by atoms with Crippen molar-refractivity contribution in [1.29, 1.82) is 0 Å². The molecule has 2 heterocycles. The zero-order chi connectivity index (χ0) is 19.4. The van der Waals surface area contributed by atoms with E-state index in [0.717, 1.165) is 30.8 Å². The van der Waals surface area contributed by atoms with Crippen molar-refractivity contribution < 1.29 is 4.79 Å². The normalized spacial score (nSPS) is 19.9. The molecule has 2 aromatic rings. The Morgan fingerprint density at radius 2 is 2.04 bits per heavy atom. The predicted octanol–water partition coefficient (Wildman–Crippen LogP) is 5.64. The van der Waals surface area contributed by atoms with Gasteiger partial charge in [0.15, 0.2) is 0 Å². The number of aryl methyl sites for hydroxylation is 2. The van der Waals surface area contributed by atoms with E-state index in [1.165, 1.54) is 22.4 Å². The molecule has 1 fully saturated rings. The van der Waals surface area contributed by atoms with Gasteiger partial charge in [-0.1, -0.05) is 37.1 Å². The maximum atomic E-state index is 13.0. The number of likely N-dealkylation sites (tertiary alicyclic amines) is 1. The van der Waals surface area contributed by atoms with Gasteiger partial charge in [0.25, 0.3) is 5.91 Å². The molecule has 144 valence electrons. The van der Waals surface area contributed by atoms with Gasteiger partial charge in [0.1, 0.15) is 5.69 Å². The standard InChI is InChI=1S/C23H30N2OS/c1-5-19-11-10-18(4)25(14-19)23(26)21-8-6-7-20(24-21)15-27-22-12-9-16(2)13-17(22)3/h6-9,12-13,18-19H,5,10-11,14-15H2,1-4H3. The molecule has 0 radical (unpaired) electrons. The molecule has 1 amide bonds. The third-order valence-corrected chi connectivity index (χ3v) is 6.76. The average Bonchev–Trinajstić information content (AvgIpc) is 2.67. The fourth-order valence-corrected chi connectivity index (χ4v) is 4.65. The van der Waals surface area contributed by atoms with Crippen LogP contribution in [0.15, 0.2) is 41.3 Å². The third-order valence-electron chi connectivity index (χ3n) is 5.55. The van der Waals surface area contributed by atoms with E-state index in [-0.39, 0.29) is 5.91 Å². The summed E-state index contributed by atoms with van der Waals surface area (Å²) >= 11 is 1.78. The van der Waals surface area contributed by atoms with Crippen LogP contribution in [-0.4, -0.2) is 28.4 Å². The minimum Gasteiger partial charge on any atom is -0.334 e. The van der Waals surface area contributed by atoms with Crippen LogP contribution in [0.1, 0.15) is 60.4 Å². The summed E-state index contributed by atoms with van der Waals surface area (Å²) in [5.41, 5.74) is 4.11. The van der Waals surface area contributed by atoms with Gasteiger partial charge in [0, 0.05) is 23.2 Å². The minimum atomic E-state index is 0.0824. The molecule has 2 unspecified atom stereocenters. The summed E-state index contributed by atoms with van der Waals surface area (Å²) in [4.78, 5) is 21.0. The molecule has 0 N–H and O–H groups in total. The molecule has 1 aliphatic rings. The number of aromatic nitrogens is 1. The smallest absolute Gasteiger partial charge is 0.272 e. The highest BCUT2D eigenvalue weighted by molar-refractivity contribution is 7.98. The Labute approximate surface area is 167 Å². The molecule has 1 aliphatic heterocycles. The van der Waals surface area contributed by atoms with Gasteiger partial charge >= 0.3 is 0 Å². The number of amides is 1. The molecule has 0 saturated carbocycles. The lowest BCUT2D eigenvalue weighted by Gasteiger charge is -2.37. The van der Waals surface area contributed by atoms with Gasteiger partial charge in [-0.3, -0.25) is 4.79 Å². The van der Waals surface area contributed by atoms with E-state index in [0.29, 0.717) is 17.7 Å². The SMILES string of the molecule is CCC1CCC(C)N(C(=O)c2cccc(CSc3ccc(C)cc3C)n2)C1. The topological polar surface area (TPSA) is 33.2 Å². The molecule has 4 heteroatoms. The molecule has 0 bridgehead atoms. The van der Waals surface area contributed by atoms with Crippen LogP contribution < -0.4 is 0 Å². The van der Waals surface area contributed by atoms with E-state index in [2.05, 4.69) is 50.9 Å². The number of carbonyl (C=O) groups is 1. The quantitative estimate of drug-likeness (QED) is 0.627. The van der Waals surface area contributed by atoms with Gasteiger partial charge in [-0.05, 0) is 63.3 Å². The van der Waals surface area contributed by atoms with E-state index in [1.54, 1.807) is 11.8 Å². The van der Waals surface area contributed by atoms with Crippen LogP contribution in [0.25, 0.3) is 0 Å². The molecular formula is C23H30N2OS. The first-order chi connectivity index (χ1) is 13.0. The lowest BCUT2D eigenvalue weighted by Crippen LogP contribution is -2.45. The number of carbonyl (C=O) groups excluding carboxylic acids is 1. The molecule has 1 aromatic carbocycles. The van der Waals surface area contributed by atoms with Crippen LogP contribution in [0.3, 0.4) is 0 Å². The third kappa shape index (κ3) is 4.92. The number of hydrogen-bond acceptors (Lipinski definition) is 3. The van der Waals surface area contributed by atoms with Gasteiger partial charge in [0.05, 0.1) is 5.69 Å². The van der Waals surface area contributed by atoms with Crippen LogP contribution in [0.5, 0.6) is 0 Å². The average molecular weight is 383 g/mol. The Kier molecular flexibility index (Phi) is 6.59. The monoisotopic (exact) mass is 382 g/mol. The molecule has 3 rings (SSSR count). The lowest BCUT2D eigenvalue weighted by molar-refractivity contribution is 0.0550. The van der Waals surface area contributed by atoms with Crippen molar-refractivity contribution in [2.24, 2.45) is 5.92 Å². The first-order valence-electron chi connectivity index (χ1n) is 9.95. The highest BCUT2D eigenvalue weighted by Gasteiger charge is 2.29. The van der Waals surface area contributed by atoms with Crippen molar-refractivity contribution in [1.82, 2.24) is 9.88 Å². The van der Waals surface area contributed by atoms with Crippen LogP contribution in [-0.2, 0) is 5.75 Å². The lowest BCUT2D eigenvalue weighted by atomic mass is 9.91. The number of pyridine rings is 1. The summed E-state index contributed by atoms with van der Waals surface area (Å²) < 4.78 is 0. The highest BCUT2D eigenvalue weighted by Crippen LogP contribution is 2.27. The van der Waals surface area contributed by atoms with Crippen LogP contribution >= 0.6 is 11.8 Å². The number of benzene rings is 1. The van der Waals surface area contributed by atoms with Gasteiger partial charge in [-0.15, -0.1) is 11.8 Å². The zero-order valence-electron chi connectivity index (χ0n) is 16.9. The number of nitrogens with zero attached hydrogens (tertiary/aromatic N) is 2. The summed E-state index contributed by atoms with van der Waals surface area (Å²) in [6.07, 6.45) is 3.45. The minimum absolute atomic E-state index is 0.0824. The Hall–Kier alpha value is -1.81. The highest BCUT2D eigenvalue weighted by atomic mass is 32.2. The van der Waals surface area contributed by atoms with E-state index < -0.39 is 0 Å². The first kappa shape index (κ1) is 19.9. The molecule has 0 aliphatic carbocycles. The summed E-state index contributed by atoms with van der Waals surface area (Å²) in [7, 11) is 0. The molecule has 3 nitrogen and oxygen atoms in total. The van der Waals surface area contributed by atoms with Crippen molar-refractivity contribution in [3.63, 3.8) is 0 Å². The summed E-state index contributed by atoms with van der Waals surface area (Å²) in [5.74, 6) is 1.48. The second kappa shape index (κ2) is 8.92. The van der Waals surface area contributed by atoms with E-state index in [1.807, 2.05) is 23.1 Å². The van der Waals surface area contributed by atoms with Gasteiger partial charge < -0.3 is 4.90 Å². The van der Waals surface area contributed by atoms with Gasteiger partial charge in [-0.25, -0.2) is 4.98 Å². The van der Waals surface area contributed by atoms with Crippen molar-refractivity contribution >= 4 is 17.7 Å². The number of hydrogen-bond donors (Lipinski definition) is 0. The molecular weight excluding hydrogens is 352 g/mol. The van der Waals surface area contributed by atoms with E-state index in [4.69, 9.17) is 0 Å². The molecule has 2 atom stereocenters. The van der Waals surface area contributed by atoms with Gasteiger partial charge in [-0.2, -0.15) is 0 Å². The fraction of sp³-hybridized carbons (Fsp3) is 0.478. The summed E-state index contributed by atoms with van der Waals surface area (Å²) in [6, 6.07) is 12.7. The number of piperidine rings is 1. The first-order valence-corrected chi connectivity index (χ1v) is 10.9. The largest absolute Gasteiger partial charge is 0.334 e. The molecule has 0 spiro atoms.